The average Bonchev–Trinajstić information content (AvgIpc) is 2.61. The second kappa shape index (κ2) is 10.8. The van der Waals surface area contributed by atoms with Crippen molar-refractivity contribution in [1.29, 1.82) is 0 Å². The van der Waals surface area contributed by atoms with Crippen LogP contribution in [-0.4, -0.2) is 11.2 Å². The van der Waals surface area contributed by atoms with Gasteiger partial charge in [0, 0.05) is 6.42 Å². The monoisotopic (exact) mass is 340 g/mol. The van der Waals surface area contributed by atoms with Crippen molar-refractivity contribution in [2.75, 3.05) is 0 Å². The molecule has 0 amide bonds. The van der Waals surface area contributed by atoms with Crippen LogP contribution >= 0.6 is 0 Å². The van der Waals surface area contributed by atoms with Crippen molar-refractivity contribution in [3.63, 3.8) is 0 Å². The highest BCUT2D eigenvalue weighted by Crippen LogP contribution is 2.24. The van der Waals surface area contributed by atoms with E-state index in [1.165, 1.54) is 44.1 Å². The van der Waals surface area contributed by atoms with Gasteiger partial charge in [-0.2, -0.15) is 0 Å². The summed E-state index contributed by atoms with van der Waals surface area (Å²) < 4.78 is 6.19. The number of para-hydroxylation sites is 2. The zero-order chi connectivity index (χ0) is 17.9. The lowest BCUT2D eigenvalue weighted by Crippen LogP contribution is -2.16. The summed E-state index contributed by atoms with van der Waals surface area (Å²) in [5.41, 5.74) is 2.23. The Morgan fingerprint density at radius 3 is 2.24 bits per heavy atom. The number of ether oxygens (including phenoxy) is 1. The Hall–Kier alpha value is -1.96. The van der Waals surface area contributed by atoms with Crippen LogP contribution in [0.5, 0.6) is 11.5 Å². The van der Waals surface area contributed by atoms with E-state index in [0.29, 0.717) is 12.2 Å². The van der Waals surface area contributed by atoms with Crippen LogP contribution in [0.1, 0.15) is 63.5 Å². The molecule has 2 heteroatoms. The van der Waals surface area contributed by atoms with Gasteiger partial charge in [0.1, 0.15) is 17.6 Å². The summed E-state index contributed by atoms with van der Waals surface area (Å²) in [5.74, 6) is 1.33. The third-order valence-electron chi connectivity index (χ3n) is 4.60. The molecular formula is C23H32O2. The minimum atomic E-state index is 0.0269. The number of phenols is 1. The first-order valence-corrected chi connectivity index (χ1v) is 9.72. The topological polar surface area (TPSA) is 29.5 Å². The van der Waals surface area contributed by atoms with Gasteiger partial charge in [-0.15, -0.1) is 0 Å². The highest BCUT2D eigenvalue weighted by atomic mass is 16.5. The summed E-state index contributed by atoms with van der Waals surface area (Å²) >= 11 is 0. The first-order chi connectivity index (χ1) is 12.2. The number of unbranched alkanes of at least 4 members (excludes halogenated alkanes) is 5. The molecule has 0 saturated carbocycles. The summed E-state index contributed by atoms with van der Waals surface area (Å²) in [6.07, 6.45) is 9.66. The zero-order valence-electron chi connectivity index (χ0n) is 15.7. The molecule has 0 saturated heterocycles. The Morgan fingerprint density at radius 2 is 1.48 bits per heavy atom. The van der Waals surface area contributed by atoms with Gasteiger partial charge in [0.2, 0.25) is 0 Å². The number of phenolic OH excluding ortho intramolecular Hbond substituents is 1. The van der Waals surface area contributed by atoms with E-state index in [1.54, 1.807) is 6.07 Å². The Morgan fingerprint density at radius 1 is 0.840 bits per heavy atom. The van der Waals surface area contributed by atoms with Crippen LogP contribution < -0.4 is 4.74 Å². The summed E-state index contributed by atoms with van der Waals surface area (Å²) in [4.78, 5) is 0. The predicted octanol–water partition coefficient (Wildman–Crippen LogP) is 6.31. The summed E-state index contributed by atoms with van der Waals surface area (Å²) in [6, 6.07) is 15.8. The number of aromatic hydroxyl groups is 1. The lowest BCUT2D eigenvalue weighted by Gasteiger charge is -2.18. The van der Waals surface area contributed by atoms with Gasteiger partial charge in [-0.05, 0) is 43.0 Å². The zero-order valence-corrected chi connectivity index (χ0v) is 15.7. The first-order valence-electron chi connectivity index (χ1n) is 9.72. The summed E-state index contributed by atoms with van der Waals surface area (Å²) in [6.45, 7) is 4.32. The van der Waals surface area contributed by atoms with Crippen LogP contribution in [0.2, 0.25) is 0 Å². The van der Waals surface area contributed by atoms with E-state index in [2.05, 4.69) is 32.0 Å². The van der Waals surface area contributed by atoms with Crippen molar-refractivity contribution in [2.24, 2.45) is 0 Å². The fourth-order valence-electron chi connectivity index (χ4n) is 3.17. The van der Waals surface area contributed by atoms with Gasteiger partial charge in [-0.25, -0.2) is 0 Å². The molecule has 1 N–H and O–H groups in total. The molecule has 136 valence electrons. The van der Waals surface area contributed by atoms with E-state index < -0.39 is 0 Å². The van der Waals surface area contributed by atoms with Gasteiger partial charge in [0.15, 0.2) is 0 Å². The highest BCUT2D eigenvalue weighted by molar-refractivity contribution is 5.35. The van der Waals surface area contributed by atoms with Gasteiger partial charge in [-0.3, -0.25) is 0 Å². The van der Waals surface area contributed by atoms with Crippen LogP contribution in [0.3, 0.4) is 0 Å². The molecule has 0 aliphatic rings. The molecule has 0 aromatic heterocycles. The number of hydrogen-bond acceptors (Lipinski definition) is 2. The molecular weight excluding hydrogens is 308 g/mol. The first kappa shape index (κ1) is 19.4. The molecule has 0 heterocycles. The van der Waals surface area contributed by atoms with Crippen molar-refractivity contribution in [1.82, 2.24) is 0 Å². The summed E-state index contributed by atoms with van der Waals surface area (Å²) in [5, 5.41) is 9.93. The van der Waals surface area contributed by atoms with E-state index >= 15 is 0 Å². The maximum absolute atomic E-state index is 9.93. The molecule has 1 atom stereocenters. The largest absolute Gasteiger partial charge is 0.508 e. The Balaban J connectivity index is 1.86. The minimum absolute atomic E-state index is 0.0269. The van der Waals surface area contributed by atoms with Gasteiger partial charge in [-0.1, -0.05) is 75.4 Å². The van der Waals surface area contributed by atoms with E-state index in [-0.39, 0.29) is 6.10 Å². The van der Waals surface area contributed by atoms with Crippen molar-refractivity contribution in [2.45, 2.75) is 71.3 Å². The lowest BCUT2D eigenvalue weighted by molar-refractivity contribution is 0.218. The molecule has 2 rings (SSSR count). The smallest absolute Gasteiger partial charge is 0.122 e. The van der Waals surface area contributed by atoms with Crippen LogP contribution in [0, 0.1) is 0 Å². The molecule has 1 unspecified atom stereocenters. The highest BCUT2D eigenvalue weighted by Gasteiger charge is 2.11. The van der Waals surface area contributed by atoms with Crippen LogP contribution in [-0.2, 0) is 12.8 Å². The second-order valence-electron chi connectivity index (χ2n) is 6.89. The van der Waals surface area contributed by atoms with Gasteiger partial charge >= 0.3 is 0 Å². The second-order valence-corrected chi connectivity index (χ2v) is 6.89. The number of rotatable bonds is 11. The lowest BCUT2D eigenvalue weighted by atomic mass is 10.0. The van der Waals surface area contributed by atoms with Crippen LogP contribution in [0.4, 0.5) is 0 Å². The summed E-state index contributed by atoms with van der Waals surface area (Å²) in [7, 11) is 0. The molecule has 2 nitrogen and oxygen atoms in total. The predicted molar refractivity (Wildman–Crippen MR) is 105 cm³/mol. The Labute approximate surface area is 152 Å². The van der Waals surface area contributed by atoms with Crippen molar-refractivity contribution < 1.29 is 9.84 Å². The molecule has 0 radical (unpaired) electrons. The standard InChI is InChI=1S/C23H32O2/c1-3-4-5-6-7-8-13-20-14-10-12-17-23(20)25-19(2)18-21-15-9-11-16-22(21)24/h9-12,14-17,19,24H,3-8,13,18H2,1-2H3. The quantitative estimate of drug-likeness (QED) is 0.486. The normalized spacial score (nSPS) is 12.1. The van der Waals surface area contributed by atoms with Crippen LogP contribution in [0.25, 0.3) is 0 Å². The molecule has 0 fully saturated rings. The molecule has 0 aliphatic carbocycles. The minimum Gasteiger partial charge on any atom is -0.508 e. The van der Waals surface area contributed by atoms with E-state index in [9.17, 15) is 5.11 Å². The maximum atomic E-state index is 9.93. The molecule has 2 aromatic rings. The Kier molecular flexibility index (Phi) is 8.38. The van der Waals surface area contributed by atoms with E-state index in [0.717, 1.165) is 17.7 Å². The average molecular weight is 341 g/mol. The third kappa shape index (κ3) is 6.81. The van der Waals surface area contributed by atoms with Crippen molar-refractivity contribution in [3.05, 3.63) is 59.7 Å². The van der Waals surface area contributed by atoms with E-state index in [1.807, 2.05) is 24.3 Å². The van der Waals surface area contributed by atoms with Gasteiger partial charge in [0.25, 0.3) is 0 Å². The van der Waals surface area contributed by atoms with Gasteiger partial charge in [0.05, 0.1) is 0 Å². The molecule has 0 bridgehead atoms. The fraction of sp³-hybridized carbons (Fsp3) is 0.478. The SMILES string of the molecule is CCCCCCCCc1ccccc1OC(C)Cc1ccccc1O. The van der Waals surface area contributed by atoms with Crippen LogP contribution in [0.15, 0.2) is 48.5 Å². The fourth-order valence-corrected chi connectivity index (χ4v) is 3.17. The molecule has 0 aliphatic heterocycles. The maximum Gasteiger partial charge on any atom is 0.122 e. The van der Waals surface area contributed by atoms with E-state index in [4.69, 9.17) is 4.74 Å². The number of aryl methyl sites for hydroxylation is 1. The van der Waals surface area contributed by atoms with Crippen molar-refractivity contribution >= 4 is 0 Å². The molecule has 0 spiro atoms. The number of hydrogen-bond donors (Lipinski definition) is 1. The van der Waals surface area contributed by atoms with Crippen molar-refractivity contribution in [3.8, 4) is 11.5 Å². The Bertz CT molecular complexity index is 621. The molecule has 2 aromatic carbocycles. The molecule has 25 heavy (non-hydrogen) atoms. The van der Waals surface area contributed by atoms with Gasteiger partial charge < -0.3 is 9.84 Å². The third-order valence-corrected chi connectivity index (χ3v) is 4.60. The number of benzene rings is 2.